The minimum absolute atomic E-state index is 0.0938. The van der Waals surface area contributed by atoms with E-state index in [2.05, 4.69) is 43.4 Å². The van der Waals surface area contributed by atoms with Gasteiger partial charge in [-0.05, 0) is 32.9 Å². The molecular formula is C16H27NO2. The summed E-state index contributed by atoms with van der Waals surface area (Å²) in [5.74, 6) is 0. The minimum Gasteiger partial charge on any atom is -0.376 e. The molecule has 1 rings (SSSR count). The summed E-state index contributed by atoms with van der Waals surface area (Å²) in [6.07, 6.45) is 0.353. The van der Waals surface area contributed by atoms with Gasteiger partial charge in [0.25, 0.3) is 0 Å². The van der Waals surface area contributed by atoms with E-state index in [1.54, 1.807) is 0 Å². The first-order valence-corrected chi connectivity index (χ1v) is 7.14. The van der Waals surface area contributed by atoms with E-state index >= 15 is 0 Å². The number of benzene rings is 1. The Hall–Kier alpha value is -0.900. The summed E-state index contributed by atoms with van der Waals surface area (Å²) < 4.78 is 11.4. The van der Waals surface area contributed by atoms with Crippen LogP contribution in [-0.2, 0) is 9.47 Å². The van der Waals surface area contributed by atoms with Gasteiger partial charge in [0.05, 0.1) is 25.4 Å². The van der Waals surface area contributed by atoms with Gasteiger partial charge in [0, 0.05) is 6.54 Å². The number of hydrogen-bond acceptors (Lipinski definition) is 3. The van der Waals surface area contributed by atoms with E-state index in [0.717, 1.165) is 13.1 Å². The SMILES string of the molecule is CCNCC(OCCOC(C)C)c1ccc(C)cc1. The largest absolute Gasteiger partial charge is 0.376 e. The van der Waals surface area contributed by atoms with Crippen molar-refractivity contribution in [3.63, 3.8) is 0 Å². The van der Waals surface area contributed by atoms with Crippen molar-refractivity contribution in [3.05, 3.63) is 35.4 Å². The molecule has 0 saturated heterocycles. The Morgan fingerprint density at radius 2 is 1.68 bits per heavy atom. The maximum atomic E-state index is 5.93. The zero-order valence-electron chi connectivity index (χ0n) is 12.6. The van der Waals surface area contributed by atoms with Crippen LogP contribution in [0.25, 0.3) is 0 Å². The van der Waals surface area contributed by atoms with Crippen LogP contribution in [0.15, 0.2) is 24.3 Å². The first kappa shape index (κ1) is 16.2. The van der Waals surface area contributed by atoms with Crippen LogP contribution < -0.4 is 5.32 Å². The van der Waals surface area contributed by atoms with Crippen molar-refractivity contribution >= 4 is 0 Å². The van der Waals surface area contributed by atoms with Crippen LogP contribution in [0.1, 0.15) is 38.0 Å². The number of nitrogens with one attached hydrogen (secondary N) is 1. The third kappa shape index (κ3) is 6.71. The first-order valence-electron chi connectivity index (χ1n) is 7.14. The van der Waals surface area contributed by atoms with E-state index in [1.165, 1.54) is 11.1 Å². The lowest BCUT2D eigenvalue weighted by Crippen LogP contribution is -2.24. The Morgan fingerprint density at radius 1 is 1.05 bits per heavy atom. The zero-order chi connectivity index (χ0) is 14.1. The van der Waals surface area contributed by atoms with E-state index in [9.17, 15) is 0 Å². The Morgan fingerprint density at radius 3 is 2.26 bits per heavy atom. The van der Waals surface area contributed by atoms with E-state index < -0.39 is 0 Å². The number of likely N-dealkylation sites (N-methyl/N-ethyl adjacent to an activating group) is 1. The molecule has 0 bridgehead atoms. The summed E-state index contributed by atoms with van der Waals surface area (Å²) in [6.45, 7) is 11.3. The van der Waals surface area contributed by atoms with Gasteiger partial charge in [-0.25, -0.2) is 0 Å². The maximum absolute atomic E-state index is 5.93. The predicted molar refractivity (Wildman–Crippen MR) is 79.5 cm³/mol. The summed E-state index contributed by atoms with van der Waals surface area (Å²) in [6, 6.07) is 8.53. The molecule has 0 aliphatic rings. The quantitative estimate of drug-likeness (QED) is 0.696. The lowest BCUT2D eigenvalue weighted by Gasteiger charge is -2.19. The minimum atomic E-state index is 0.0938. The van der Waals surface area contributed by atoms with Crippen molar-refractivity contribution in [2.24, 2.45) is 0 Å². The average molecular weight is 265 g/mol. The number of ether oxygens (including phenoxy) is 2. The average Bonchev–Trinajstić information content (AvgIpc) is 2.39. The van der Waals surface area contributed by atoms with Gasteiger partial charge in [0.15, 0.2) is 0 Å². The third-order valence-corrected chi connectivity index (χ3v) is 2.88. The monoisotopic (exact) mass is 265 g/mol. The van der Waals surface area contributed by atoms with E-state index in [4.69, 9.17) is 9.47 Å². The zero-order valence-corrected chi connectivity index (χ0v) is 12.6. The van der Waals surface area contributed by atoms with Crippen LogP contribution in [0.4, 0.5) is 0 Å². The molecule has 1 N–H and O–H groups in total. The molecule has 0 saturated carbocycles. The van der Waals surface area contributed by atoms with Crippen LogP contribution in [0, 0.1) is 6.92 Å². The second kappa shape index (κ2) is 9.08. The fourth-order valence-electron chi connectivity index (χ4n) is 1.80. The summed E-state index contributed by atoms with van der Waals surface area (Å²) in [4.78, 5) is 0. The molecule has 19 heavy (non-hydrogen) atoms. The van der Waals surface area contributed by atoms with E-state index in [0.29, 0.717) is 13.2 Å². The van der Waals surface area contributed by atoms with Crippen molar-refractivity contribution in [1.82, 2.24) is 5.32 Å². The summed E-state index contributed by atoms with van der Waals surface area (Å²) >= 11 is 0. The maximum Gasteiger partial charge on any atom is 0.0950 e. The van der Waals surface area contributed by atoms with Gasteiger partial charge in [-0.3, -0.25) is 0 Å². The highest BCUT2D eigenvalue weighted by atomic mass is 16.5. The normalized spacial score (nSPS) is 12.9. The summed E-state index contributed by atoms with van der Waals surface area (Å²) in [5, 5.41) is 3.35. The highest BCUT2D eigenvalue weighted by Gasteiger charge is 2.11. The Balaban J connectivity index is 2.48. The second-order valence-electron chi connectivity index (χ2n) is 5.00. The Labute approximate surface area is 117 Å². The molecule has 0 aliphatic heterocycles. The van der Waals surface area contributed by atoms with Crippen LogP contribution in [0.3, 0.4) is 0 Å². The van der Waals surface area contributed by atoms with Gasteiger partial charge >= 0.3 is 0 Å². The molecule has 3 nitrogen and oxygen atoms in total. The molecule has 0 aliphatic carbocycles. The molecule has 0 amide bonds. The fourth-order valence-corrected chi connectivity index (χ4v) is 1.80. The number of aryl methyl sites for hydroxylation is 1. The lowest BCUT2D eigenvalue weighted by atomic mass is 10.1. The van der Waals surface area contributed by atoms with E-state index in [1.807, 2.05) is 13.8 Å². The summed E-state index contributed by atoms with van der Waals surface area (Å²) in [7, 11) is 0. The summed E-state index contributed by atoms with van der Waals surface area (Å²) in [5.41, 5.74) is 2.49. The van der Waals surface area contributed by atoms with Gasteiger partial charge in [0.2, 0.25) is 0 Å². The standard InChI is InChI=1S/C16H27NO2/c1-5-17-12-16(19-11-10-18-13(2)3)15-8-6-14(4)7-9-15/h6-9,13,16-17H,5,10-12H2,1-4H3. The van der Waals surface area contributed by atoms with Crippen LogP contribution in [0.2, 0.25) is 0 Å². The van der Waals surface area contributed by atoms with Crippen molar-refractivity contribution < 1.29 is 9.47 Å². The molecule has 1 unspecified atom stereocenters. The van der Waals surface area contributed by atoms with Crippen molar-refractivity contribution in [2.45, 2.75) is 39.9 Å². The van der Waals surface area contributed by atoms with Gasteiger partial charge in [-0.1, -0.05) is 36.8 Å². The van der Waals surface area contributed by atoms with Gasteiger partial charge in [-0.2, -0.15) is 0 Å². The van der Waals surface area contributed by atoms with Crippen LogP contribution in [0.5, 0.6) is 0 Å². The molecular weight excluding hydrogens is 238 g/mol. The Bertz CT molecular complexity index is 335. The molecule has 0 aromatic heterocycles. The molecule has 1 aromatic carbocycles. The van der Waals surface area contributed by atoms with Crippen molar-refractivity contribution in [3.8, 4) is 0 Å². The smallest absolute Gasteiger partial charge is 0.0950 e. The molecule has 0 radical (unpaired) electrons. The molecule has 1 atom stereocenters. The molecule has 1 aromatic rings. The van der Waals surface area contributed by atoms with Gasteiger partial charge in [-0.15, -0.1) is 0 Å². The highest BCUT2D eigenvalue weighted by molar-refractivity contribution is 5.23. The molecule has 0 heterocycles. The highest BCUT2D eigenvalue weighted by Crippen LogP contribution is 2.17. The molecule has 0 spiro atoms. The van der Waals surface area contributed by atoms with Crippen molar-refractivity contribution in [2.75, 3.05) is 26.3 Å². The van der Waals surface area contributed by atoms with Gasteiger partial charge < -0.3 is 14.8 Å². The van der Waals surface area contributed by atoms with E-state index in [-0.39, 0.29) is 12.2 Å². The predicted octanol–water partition coefficient (Wildman–Crippen LogP) is 3.09. The molecule has 108 valence electrons. The third-order valence-electron chi connectivity index (χ3n) is 2.88. The number of rotatable bonds is 9. The number of hydrogen-bond donors (Lipinski definition) is 1. The topological polar surface area (TPSA) is 30.5 Å². The first-order chi connectivity index (χ1) is 9.13. The second-order valence-corrected chi connectivity index (χ2v) is 5.00. The lowest BCUT2D eigenvalue weighted by molar-refractivity contribution is -0.0128. The fraction of sp³-hybridized carbons (Fsp3) is 0.625. The van der Waals surface area contributed by atoms with Crippen LogP contribution in [-0.4, -0.2) is 32.4 Å². The molecule has 3 heteroatoms. The van der Waals surface area contributed by atoms with Gasteiger partial charge in [0.1, 0.15) is 0 Å². The Kier molecular flexibility index (Phi) is 7.72. The van der Waals surface area contributed by atoms with Crippen LogP contribution >= 0.6 is 0 Å². The molecule has 0 fully saturated rings. The van der Waals surface area contributed by atoms with Crippen molar-refractivity contribution in [1.29, 1.82) is 0 Å².